The van der Waals surface area contributed by atoms with Crippen molar-refractivity contribution < 1.29 is 19.4 Å². The van der Waals surface area contributed by atoms with Gasteiger partial charge in [-0.2, -0.15) is 0 Å². The number of hydrogen-bond acceptors (Lipinski definition) is 2. The number of rotatable bonds is 2. The topological polar surface area (TPSA) is 57.5 Å². The van der Waals surface area contributed by atoms with E-state index in [1.165, 1.54) is 0 Å². The first-order valence-electron chi connectivity index (χ1n) is 4.86. The normalized spacial score (nSPS) is 26.9. The van der Waals surface area contributed by atoms with Crippen molar-refractivity contribution in [2.24, 2.45) is 5.41 Å². The summed E-state index contributed by atoms with van der Waals surface area (Å²) in [5, 5.41) is 18.3. The Labute approximate surface area is 82.9 Å². The maximum absolute atomic E-state index is 13.2. The van der Waals surface area contributed by atoms with E-state index in [2.05, 4.69) is 0 Å². The second-order valence-electron chi connectivity index (χ2n) is 4.97. The molecule has 1 aliphatic rings. The first-order valence-corrected chi connectivity index (χ1v) is 4.86. The minimum atomic E-state index is -2.15. The average molecular weight is 204 g/mol. The molecule has 0 aromatic rings. The smallest absolute Gasteiger partial charge is 0.341 e. The van der Waals surface area contributed by atoms with E-state index in [0.717, 1.165) is 0 Å². The lowest BCUT2D eigenvalue weighted by atomic mass is 9.69. The summed E-state index contributed by atoms with van der Waals surface area (Å²) in [6.45, 7) is 4.08. The van der Waals surface area contributed by atoms with Crippen LogP contribution in [0.5, 0.6) is 0 Å². The molecule has 0 radical (unpaired) electrons. The van der Waals surface area contributed by atoms with Gasteiger partial charge < -0.3 is 10.2 Å². The van der Waals surface area contributed by atoms with Crippen molar-refractivity contribution in [3.05, 3.63) is 0 Å². The van der Waals surface area contributed by atoms with E-state index >= 15 is 0 Å². The maximum atomic E-state index is 13.2. The third-order valence-corrected chi connectivity index (χ3v) is 3.16. The predicted molar refractivity (Wildman–Crippen MR) is 49.7 cm³/mol. The van der Waals surface area contributed by atoms with Gasteiger partial charge in [0.2, 0.25) is 6.17 Å². The number of aliphatic hydroxyl groups is 1. The number of halogens is 1. The van der Waals surface area contributed by atoms with Crippen molar-refractivity contribution >= 4 is 5.97 Å². The van der Waals surface area contributed by atoms with Crippen LogP contribution < -0.4 is 0 Å². The minimum Gasteiger partial charge on any atom is -0.479 e. The zero-order valence-corrected chi connectivity index (χ0v) is 8.59. The first kappa shape index (κ1) is 11.4. The lowest BCUT2D eigenvalue weighted by Gasteiger charge is -2.40. The van der Waals surface area contributed by atoms with E-state index < -0.39 is 17.7 Å². The highest BCUT2D eigenvalue weighted by atomic mass is 19.1. The predicted octanol–water partition coefficient (Wildman–Crippen LogP) is 1.74. The molecule has 1 saturated carbocycles. The van der Waals surface area contributed by atoms with Crippen LogP contribution in [-0.4, -0.2) is 28.0 Å². The molecule has 14 heavy (non-hydrogen) atoms. The Bertz CT molecular complexity index is 228. The SMILES string of the molecule is CC1(C)CCC(O)(C(F)C(=O)O)CC1. The third kappa shape index (κ3) is 2.23. The molecule has 0 aromatic heterocycles. The van der Waals surface area contributed by atoms with Gasteiger partial charge in [-0.05, 0) is 31.1 Å². The van der Waals surface area contributed by atoms with Crippen LogP contribution in [0.1, 0.15) is 39.5 Å². The summed E-state index contributed by atoms with van der Waals surface area (Å²) in [5.41, 5.74) is -1.56. The number of carboxylic acid groups (broad SMARTS) is 1. The van der Waals surface area contributed by atoms with Crippen molar-refractivity contribution in [1.82, 2.24) is 0 Å². The van der Waals surface area contributed by atoms with Gasteiger partial charge in [-0.25, -0.2) is 9.18 Å². The molecule has 1 unspecified atom stereocenters. The van der Waals surface area contributed by atoms with E-state index in [-0.39, 0.29) is 18.3 Å². The molecule has 82 valence electrons. The highest BCUT2D eigenvalue weighted by molar-refractivity contribution is 5.73. The van der Waals surface area contributed by atoms with Crippen molar-refractivity contribution in [2.45, 2.75) is 51.3 Å². The Morgan fingerprint density at radius 1 is 1.29 bits per heavy atom. The van der Waals surface area contributed by atoms with Gasteiger partial charge in [0.05, 0.1) is 0 Å². The van der Waals surface area contributed by atoms with E-state index in [4.69, 9.17) is 5.11 Å². The zero-order chi connectivity index (χ0) is 11.0. The summed E-state index contributed by atoms with van der Waals surface area (Å²) in [6, 6.07) is 0. The highest BCUT2D eigenvalue weighted by Crippen LogP contribution is 2.42. The molecule has 0 aliphatic heterocycles. The Morgan fingerprint density at radius 3 is 2.07 bits per heavy atom. The van der Waals surface area contributed by atoms with E-state index in [1.54, 1.807) is 0 Å². The molecule has 0 bridgehead atoms. The lowest BCUT2D eigenvalue weighted by Crippen LogP contribution is -2.48. The summed E-state index contributed by atoms with van der Waals surface area (Å²) in [6.07, 6.45) is -0.367. The van der Waals surface area contributed by atoms with E-state index in [1.807, 2.05) is 13.8 Å². The van der Waals surface area contributed by atoms with Gasteiger partial charge in [-0.1, -0.05) is 13.8 Å². The molecule has 4 heteroatoms. The third-order valence-electron chi connectivity index (χ3n) is 3.16. The molecule has 2 N–H and O–H groups in total. The summed E-state index contributed by atoms with van der Waals surface area (Å²) < 4.78 is 13.2. The van der Waals surface area contributed by atoms with Crippen LogP contribution in [0.2, 0.25) is 0 Å². The number of carboxylic acids is 1. The Kier molecular flexibility index (Phi) is 2.86. The fourth-order valence-corrected chi connectivity index (χ4v) is 1.84. The summed E-state index contributed by atoms with van der Waals surface area (Å²) in [7, 11) is 0. The molecule has 0 amide bonds. The van der Waals surface area contributed by atoms with Crippen molar-refractivity contribution in [3.63, 3.8) is 0 Å². The Morgan fingerprint density at radius 2 is 1.71 bits per heavy atom. The van der Waals surface area contributed by atoms with Crippen LogP contribution in [0.3, 0.4) is 0 Å². The van der Waals surface area contributed by atoms with Gasteiger partial charge in [0, 0.05) is 0 Å². The number of hydrogen-bond donors (Lipinski definition) is 2. The molecule has 1 aliphatic carbocycles. The first-order chi connectivity index (χ1) is 6.27. The monoisotopic (exact) mass is 204 g/mol. The summed E-state index contributed by atoms with van der Waals surface area (Å²) in [5.74, 6) is -1.56. The standard InChI is InChI=1S/C10H17FO3/c1-9(2)3-5-10(14,6-4-9)7(11)8(12)13/h7,14H,3-6H2,1-2H3,(H,12,13). The lowest BCUT2D eigenvalue weighted by molar-refractivity contribution is -0.159. The molecule has 0 heterocycles. The van der Waals surface area contributed by atoms with E-state index in [0.29, 0.717) is 12.8 Å². The van der Waals surface area contributed by atoms with Crippen LogP contribution in [-0.2, 0) is 4.79 Å². The largest absolute Gasteiger partial charge is 0.479 e. The summed E-state index contributed by atoms with van der Waals surface area (Å²) in [4.78, 5) is 10.4. The fourth-order valence-electron chi connectivity index (χ4n) is 1.84. The number of aliphatic carboxylic acids is 1. The van der Waals surface area contributed by atoms with Gasteiger partial charge in [-0.15, -0.1) is 0 Å². The number of alkyl halides is 1. The Hall–Kier alpha value is -0.640. The zero-order valence-electron chi connectivity index (χ0n) is 8.59. The molecule has 1 rings (SSSR count). The molecular formula is C10H17FO3. The minimum absolute atomic E-state index is 0.0878. The molecular weight excluding hydrogens is 187 g/mol. The van der Waals surface area contributed by atoms with Crippen molar-refractivity contribution in [3.8, 4) is 0 Å². The molecule has 1 fully saturated rings. The summed E-state index contributed by atoms with van der Waals surface area (Å²) >= 11 is 0. The second-order valence-corrected chi connectivity index (χ2v) is 4.97. The highest BCUT2D eigenvalue weighted by Gasteiger charge is 2.46. The van der Waals surface area contributed by atoms with Gasteiger partial charge >= 0.3 is 5.97 Å². The quantitative estimate of drug-likeness (QED) is 0.720. The average Bonchev–Trinajstić information content (AvgIpc) is 2.09. The van der Waals surface area contributed by atoms with Gasteiger partial charge in [0.1, 0.15) is 5.60 Å². The van der Waals surface area contributed by atoms with Gasteiger partial charge in [0.25, 0.3) is 0 Å². The maximum Gasteiger partial charge on any atom is 0.341 e. The number of carbonyl (C=O) groups is 1. The van der Waals surface area contributed by atoms with Gasteiger partial charge in [-0.3, -0.25) is 0 Å². The second kappa shape index (κ2) is 3.50. The van der Waals surface area contributed by atoms with Crippen molar-refractivity contribution in [1.29, 1.82) is 0 Å². The van der Waals surface area contributed by atoms with Crippen LogP contribution in [0.15, 0.2) is 0 Å². The van der Waals surface area contributed by atoms with E-state index in [9.17, 15) is 14.3 Å². The van der Waals surface area contributed by atoms with Gasteiger partial charge in [0.15, 0.2) is 0 Å². The Balaban J connectivity index is 2.66. The molecule has 0 saturated heterocycles. The van der Waals surface area contributed by atoms with Crippen LogP contribution in [0, 0.1) is 5.41 Å². The van der Waals surface area contributed by atoms with Crippen LogP contribution in [0.25, 0.3) is 0 Å². The fraction of sp³-hybridized carbons (Fsp3) is 0.900. The molecule has 0 aromatic carbocycles. The van der Waals surface area contributed by atoms with Crippen LogP contribution in [0.4, 0.5) is 4.39 Å². The molecule has 0 spiro atoms. The van der Waals surface area contributed by atoms with Crippen molar-refractivity contribution in [2.75, 3.05) is 0 Å². The van der Waals surface area contributed by atoms with Crippen LogP contribution >= 0.6 is 0 Å². The molecule has 3 nitrogen and oxygen atoms in total. The molecule has 1 atom stereocenters.